The monoisotopic (exact) mass is 236 g/mol. The van der Waals surface area contributed by atoms with E-state index in [1.165, 1.54) is 11.1 Å². The highest BCUT2D eigenvalue weighted by atomic mass is 14.9. The summed E-state index contributed by atoms with van der Waals surface area (Å²) in [5.41, 5.74) is 9.45. The van der Waals surface area contributed by atoms with Crippen molar-refractivity contribution in [3.05, 3.63) is 65.7 Å². The topological polar surface area (TPSA) is 38.4 Å². The Morgan fingerprint density at radius 2 is 1.67 bits per heavy atom. The molecule has 90 valence electrons. The van der Waals surface area contributed by atoms with Gasteiger partial charge in [-0.05, 0) is 23.6 Å². The Balaban J connectivity index is 2.28. The van der Waals surface area contributed by atoms with E-state index in [-0.39, 0.29) is 5.41 Å². The molecule has 0 spiro atoms. The van der Waals surface area contributed by atoms with Gasteiger partial charge in [0.15, 0.2) is 0 Å². The van der Waals surface area contributed by atoms with Gasteiger partial charge in [-0.15, -0.1) is 0 Å². The summed E-state index contributed by atoms with van der Waals surface area (Å²) in [6.45, 7) is 2.16. The molecule has 2 N–H and O–H groups in total. The standard InChI is InChI=1S/C16H16N2/c1-2-16(12-8-4-3-5-9-12)13-10-6-7-11-14(13)18-15(16)17/h3-11H,2H2,1H3,(H2,17,18). The van der Waals surface area contributed by atoms with Crippen molar-refractivity contribution in [2.24, 2.45) is 10.7 Å². The van der Waals surface area contributed by atoms with Crippen molar-refractivity contribution >= 4 is 11.5 Å². The lowest BCUT2D eigenvalue weighted by Crippen LogP contribution is -2.39. The SMILES string of the molecule is CCC1(c2ccccc2)C(N)=Nc2ccccc21. The molecule has 1 heterocycles. The first-order valence-electron chi connectivity index (χ1n) is 6.28. The maximum atomic E-state index is 6.26. The third-order valence-electron chi connectivity index (χ3n) is 3.84. The molecule has 0 fully saturated rings. The summed E-state index contributed by atoms with van der Waals surface area (Å²) < 4.78 is 0. The van der Waals surface area contributed by atoms with Crippen LogP contribution in [0.1, 0.15) is 24.5 Å². The average Bonchev–Trinajstić information content (AvgIpc) is 2.72. The fourth-order valence-electron chi connectivity index (χ4n) is 2.90. The van der Waals surface area contributed by atoms with E-state index >= 15 is 0 Å². The van der Waals surface area contributed by atoms with Gasteiger partial charge in [0.05, 0.1) is 11.1 Å². The zero-order valence-electron chi connectivity index (χ0n) is 10.4. The Morgan fingerprint density at radius 1 is 1.00 bits per heavy atom. The van der Waals surface area contributed by atoms with E-state index in [9.17, 15) is 0 Å². The molecule has 0 radical (unpaired) electrons. The molecule has 2 aromatic rings. The van der Waals surface area contributed by atoms with E-state index in [1.54, 1.807) is 0 Å². The fourth-order valence-corrected chi connectivity index (χ4v) is 2.90. The molecule has 2 heteroatoms. The van der Waals surface area contributed by atoms with E-state index in [2.05, 4.69) is 48.3 Å². The second kappa shape index (κ2) is 3.98. The number of hydrogen-bond donors (Lipinski definition) is 1. The molecule has 3 rings (SSSR count). The molecule has 1 atom stereocenters. The number of amidine groups is 1. The van der Waals surface area contributed by atoms with Crippen LogP contribution in [0.2, 0.25) is 0 Å². The molecular weight excluding hydrogens is 220 g/mol. The number of para-hydroxylation sites is 1. The molecule has 0 saturated heterocycles. The van der Waals surface area contributed by atoms with Gasteiger partial charge in [0, 0.05) is 0 Å². The van der Waals surface area contributed by atoms with E-state index in [4.69, 9.17) is 5.73 Å². The van der Waals surface area contributed by atoms with Crippen LogP contribution in [0.25, 0.3) is 0 Å². The fraction of sp³-hybridized carbons (Fsp3) is 0.188. The largest absolute Gasteiger partial charge is 0.386 e. The summed E-state index contributed by atoms with van der Waals surface area (Å²) in [5.74, 6) is 0.706. The molecule has 2 aromatic carbocycles. The molecule has 1 aliphatic heterocycles. The summed E-state index contributed by atoms with van der Waals surface area (Å²) in [6.07, 6.45) is 0.920. The lowest BCUT2D eigenvalue weighted by Gasteiger charge is -2.29. The van der Waals surface area contributed by atoms with Crippen LogP contribution in [0.15, 0.2) is 59.6 Å². The quantitative estimate of drug-likeness (QED) is 0.852. The lowest BCUT2D eigenvalue weighted by atomic mass is 9.72. The number of rotatable bonds is 2. The van der Waals surface area contributed by atoms with Gasteiger partial charge in [0.25, 0.3) is 0 Å². The van der Waals surface area contributed by atoms with Crippen molar-refractivity contribution in [2.75, 3.05) is 0 Å². The van der Waals surface area contributed by atoms with Crippen molar-refractivity contribution in [1.82, 2.24) is 0 Å². The number of nitrogens with zero attached hydrogens (tertiary/aromatic N) is 1. The van der Waals surface area contributed by atoms with Gasteiger partial charge in [0.1, 0.15) is 5.84 Å². The van der Waals surface area contributed by atoms with Crippen molar-refractivity contribution in [3.8, 4) is 0 Å². The lowest BCUT2D eigenvalue weighted by molar-refractivity contribution is 0.667. The van der Waals surface area contributed by atoms with Crippen LogP contribution < -0.4 is 5.73 Å². The minimum Gasteiger partial charge on any atom is -0.386 e. The van der Waals surface area contributed by atoms with Crippen LogP contribution in [0.5, 0.6) is 0 Å². The van der Waals surface area contributed by atoms with Gasteiger partial charge in [-0.2, -0.15) is 0 Å². The molecule has 0 bridgehead atoms. The first kappa shape index (κ1) is 11.0. The molecule has 18 heavy (non-hydrogen) atoms. The highest BCUT2D eigenvalue weighted by molar-refractivity contribution is 6.02. The molecule has 0 aliphatic carbocycles. The summed E-state index contributed by atoms with van der Waals surface area (Å²) in [7, 11) is 0. The van der Waals surface area contributed by atoms with Gasteiger partial charge >= 0.3 is 0 Å². The van der Waals surface area contributed by atoms with Crippen LogP contribution in [0.4, 0.5) is 5.69 Å². The van der Waals surface area contributed by atoms with E-state index in [0.717, 1.165) is 12.1 Å². The number of nitrogens with two attached hydrogens (primary N) is 1. The highest BCUT2D eigenvalue weighted by Crippen LogP contribution is 2.45. The first-order valence-corrected chi connectivity index (χ1v) is 6.28. The van der Waals surface area contributed by atoms with Crippen LogP contribution >= 0.6 is 0 Å². The second-order valence-electron chi connectivity index (χ2n) is 4.64. The summed E-state index contributed by atoms with van der Waals surface area (Å²) in [4.78, 5) is 4.55. The van der Waals surface area contributed by atoms with Crippen molar-refractivity contribution in [1.29, 1.82) is 0 Å². The van der Waals surface area contributed by atoms with Gasteiger partial charge < -0.3 is 5.73 Å². The van der Waals surface area contributed by atoms with Gasteiger partial charge in [-0.1, -0.05) is 55.5 Å². The average molecular weight is 236 g/mol. The third kappa shape index (κ3) is 1.32. The maximum absolute atomic E-state index is 6.26. The van der Waals surface area contributed by atoms with E-state index in [0.29, 0.717) is 5.84 Å². The minimum atomic E-state index is -0.252. The zero-order chi connectivity index (χ0) is 12.6. The summed E-state index contributed by atoms with van der Waals surface area (Å²) in [6, 6.07) is 18.6. The highest BCUT2D eigenvalue weighted by Gasteiger charge is 2.42. The van der Waals surface area contributed by atoms with Crippen molar-refractivity contribution < 1.29 is 0 Å². The normalized spacial score (nSPS) is 21.5. The molecule has 1 aliphatic rings. The molecule has 1 unspecified atom stereocenters. The van der Waals surface area contributed by atoms with Crippen molar-refractivity contribution in [3.63, 3.8) is 0 Å². The van der Waals surface area contributed by atoms with Crippen LogP contribution in [0.3, 0.4) is 0 Å². The predicted octanol–water partition coefficient (Wildman–Crippen LogP) is 3.39. The first-order chi connectivity index (χ1) is 8.79. The number of benzene rings is 2. The van der Waals surface area contributed by atoms with Crippen LogP contribution in [-0.2, 0) is 5.41 Å². The van der Waals surface area contributed by atoms with Gasteiger partial charge in [-0.3, -0.25) is 0 Å². The Hall–Kier alpha value is -2.09. The predicted molar refractivity (Wildman–Crippen MR) is 75.2 cm³/mol. The number of hydrogen-bond acceptors (Lipinski definition) is 2. The summed E-state index contributed by atoms with van der Waals surface area (Å²) in [5, 5.41) is 0. The molecule has 0 saturated carbocycles. The molecule has 0 amide bonds. The Labute approximate surface area is 107 Å². The number of aliphatic imine (C=N–C) groups is 1. The molecule has 0 aromatic heterocycles. The zero-order valence-corrected chi connectivity index (χ0v) is 10.4. The van der Waals surface area contributed by atoms with Gasteiger partial charge in [0.2, 0.25) is 0 Å². The minimum absolute atomic E-state index is 0.252. The van der Waals surface area contributed by atoms with Crippen LogP contribution in [-0.4, -0.2) is 5.84 Å². The molecule has 2 nitrogen and oxygen atoms in total. The Kier molecular flexibility index (Phi) is 2.44. The smallest absolute Gasteiger partial charge is 0.115 e. The summed E-state index contributed by atoms with van der Waals surface area (Å²) >= 11 is 0. The van der Waals surface area contributed by atoms with E-state index < -0.39 is 0 Å². The third-order valence-corrected chi connectivity index (χ3v) is 3.84. The van der Waals surface area contributed by atoms with Gasteiger partial charge in [-0.25, -0.2) is 4.99 Å². The second-order valence-corrected chi connectivity index (χ2v) is 4.64. The van der Waals surface area contributed by atoms with Crippen molar-refractivity contribution in [2.45, 2.75) is 18.8 Å². The van der Waals surface area contributed by atoms with Crippen LogP contribution in [0, 0.1) is 0 Å². The van der Waals surface area contributed by atoms with E-state index in [1.807, 2.05) is 18.2 Å². The Morgan fingerprint density at radius 3 is 2.39 bits per heavy atom. The Bertz CT molecular complexity index is 602. The molecular formula is C16H16N2. The maximum Gasteiger partial charge on any atom is 0.115 e. The number of fused-ring (bicyclic) bond motifs is 1.